The maximum absolute atomic E-state index is 11.8. The molecule has 1 N–H and O–H groups in total. The first-order chi connectivity index (χ1) is 7.29. The maximum Gasteiger partial charge on any atom is 0.139 e. The molecule has 1 rings (SSSR count). The molecule has 1 saturated heterocycles. The van der Waals surface area contributed by atoms with E-state index < -0.39 is 0 Å². The predicted molar refractivity (Wildman–Crippen MR) is 59.5 cm³/mol. The largest absolute Gasteiger partial charge is 0.379 e. The number of terminal acetylenes is 1. The zero-order chi connectivity index (χ0) is 11.1. The van der Waals surface area contributed by atoms with E-state index in [0.29, 0.717) is 26.1 Å². The number of Topliss-reactive ketones (excluding diaryl/α,β-unsaturated/α-hetero) is 1. The van der Waals surface area contributed by atoms with Crippen molar-refractivity contribution in [2.45, 2.75) is 32.2 Å². The maximum atomic E-state index is 11.8. The molecule has 2 atom stereocenters. The molecule has 0 saturated carbocycles. The minimum atomic E-state index is 0.0303. The van der Waals surface area contributed by atoms with Gasteiger partial charge in [0, 0.05) is 18.9 Å². The van der Waals surface area contributed by atoms with Gasteiger partial charge < -0.3 is 10.1 Å². The third kappa shape index (κ3) is 3.65. The zero-order valence-corrected chi connectivity index (χ0v) is 9.29. The van der Waals surface area contributed by atoms with E-state index in [4.69, 9.17) is 11.2 Å². The molecule has 3 heteroatoms. The molecule has 2 unspecified atom stereocenters. The summed E-state index contributed by atoms with van der Waals surface area (Å²) in [5, 5.41) is 3.28. The fourth-order valence-electron chi connectivity index (χ4n) is 1.89. The fourth-order valence-corrected chi connectivity index (χ4v) is 1.89. The van der Waals surface area contributed by atoms with Crippen LogP contribution in [0, 0.1) is 18.3 Å². The number of unbranched alkanes of at least 4 members (excludes halogenated alkanes) is 1. The number of rotatable bonds is 6. The third-order valence-corrected chi connectivity index (χ3v) is 2.70. The first-order valence-corrected chi connectivity index (χ1v) is 5.57. The van der Waals surface area contributed by atoms with Crippen molar-refractivity contribution in [1.29, 1.82) is 0 Å². The van der Waals surface area contributed by atoms with Gasteiger partial charge in [0.2, 0.25) is 0 Å². The summed E-state index contributed by atoms with van der Waals surface area (Å²) in [4.78, 5) is 11.8. The van der Waals surface area contributed by atoms with Crippen LogP contribution in [0.25, 0.3) is 0 Å². The SMILES string of the molecule is C#CCCCC(=O)C1COCC1NCC. The van der Waals surface area contributed by atoms with Gasteiger partial charge in [0.1, 0.15) is 5.78 Å². The first-order valence-electron chi connectivity index (χ1n) is 5.57. The summed E-state index contributed by atoms with van der Waals surface area (Å²) < 4.78 is 5.33. The van der Waals surface area contributed by atoms with Gasteiger partial charge in [0.05, 0.1) is 19.1 Å². The fraction of sp³-hybridized carbons (Fsp3) is 0.750. The second-order valence-electron chi connectivity index (χ2n) is 3.83. The summed E-state index contributed by atoms with van der Waals surface area (Å²) in [6.45, 7) is 4.13. The van der Waals surface area contributed by atoms with Crippen LogP contribution in [0.5, 0.6) is 0 Å². The molecule has 0 aliphatic carbocycles. The van der Waals surface area contributed by atoms with Crippen molar-refractivity contribution in [2.75, 3.05) is 19.8 Å². The number of ether oxygens (including phenoxy) is 1. The summed E-state index contributed by atoms with van der Waals surface area (Å²) in [5.41, 5.74) is 0. The van der Waals surface area contributed by atoms with Crippen LogP contribution < -0.4 is 5.32 Å². The van der Waals surface area contributed by atoms with Crippen molar-refractivity contribution >= 4 is 5.78 Å². The summed E-state index contributed by atoms with van der Waals surface area (Å²) in [6.07, 6.45) is 7.21. The number of carbonyl (C=O) groups excluding carboxylic acids is 1. The highest BCUT2D eigenvalue weighted by Crippen LogP contribution is 2.17. The van der Waals surface area contributed by atoms with Crippen LogP contribution in [-0.2, 0) is 9.53 Å². The molecule has 0 spiro atoms. The molecule has 1 aliphatic heterocycles. The molecule has 84 valence electrons. The van der Waals surface area contributed by atoms with Gasteiger partial charge >= 0.3 is 0 Å². The Labute approximate surface area is 91.6 Å². The lowest BCUT2D eigenvalue weighted by molar-refractivity contribution is -0.123. The number of ketones is 1. The Hall–Kier alpha value is -0.850. The van der Waals surface area contributed by atoms with Crippen LogP contribution in [-0.4, -0.2) is 31.6 Å². The molecular weight excluding hydrogens is 190 g/mol. The second-order valence-corrected chi connectivity index (χ2v) is 3.83. The van der Waals surface area contributed by atoms with Crippen molar-refractivity contribution in [3.05, 3.63) is 0 Å². The van der Waals surface area contributed by atoms with Gasteiger partial charge in [-0.05, 0) is 13.0 Å². The smallest absolute Gasteiger partial charge is 0.139 e. The van der Waals surface area contributed by atoms with E-state index in [1.165, 1.54) is 0 Å². The topological polar surface area (TPSA) is 38.3 Å². The van der Waals surface area contributed by atoms with Gasteiger partial charge in [-0.1, -0.05) is 6.92 Å². The predicted octanol–water partition coefficient (Wildman–Crippen LogP) is 0.983. The zero-order valence-electron chi connectivity index (χ0n) is 9.29. The van der Waals surface area contributed by atoms with E-state index in [1.54, 1.807) is 0 Å². The lowest BCUT2D eigenvalue weighted by atomic mass is 9.95. The van der Waals surface area contributed by atoms with Crippen LogP contribution in [0.3, 0.4) is 0 Å². The van der Waals surface area contributed by atoms with Crippen LogP contribution in [0.2, 0.25) is 0 Å². The summed E-state index contributed by atoms with van der Waals surface area (Å²) in [5.74, 6) is 2.87. The van der Waals surface area contributed by atoms with E-state index in [9.17, 15) is 4.79 Å². The number of hydrogen-bond acceptors (Lipinski definition) is 3. The lowest BCUT2D eigenvalue weighted by Crippen LogP contribution is -2.39. The molecule has 0 aromatic carbocycles. The van der Waals surface area contributed by atoms with E-state index >= 15 is 0 Å². The highest BCUT2D eigenvalue weighted by Gasteiger charge is 2.32. The van der Waals surface area contributed by atoms with Crippen LogP contribution in [0.1, 0.15) is 26.2 Å². The molecular formula is C12H19NO2. The molecule has 15 heavy (non-hydrogen) atoms. The van der Waals surface area contributed by atoms with Crippen LogP contribution in [0.4, 0.5) is 0 Å². The minimum Gasteiger partial charge on any atom is -0.379 e. The standard InChI is InChI=1S/C12H19NO2/c1-3-5-6-7-12(14)10-8-15-9-11(10)13-4-2/h1,10-11,13H,4-9H2,2H3. The Morgan fingerprint density at radius 1 is 1.60 bits per heavy atom. The van der Waals surface area contributed by atoms with Crippen LogP contribution >= 0.6 is 0 Å². The van der Waals surface area contributed by atoms with Gasteiger partial charge in [-0.2, -0.15) is 0 Å². The molecule has 0 aromatic rings. The molecule has 1 fully saturated rings. The molecule has 1 aliphatic rings. The van der Waals surface area contributed by atoms with Crippen molar-refractivity contribution in [3.63, 3.8) is 0 Å². The van der Waals surface area contributed by atoms with Crippen molar-refractivity contribution < 1.29 is 9.53 Å². The third-order valence-electron chi connectivity index (χ3n) is 2.70. The van der Waals surface area contributed by atoms with Crippen molar-refractivity contribution in [1.82, 2.24) is 5.32 Å². The lowest BCUT2D eigenvalue weighted by Gasteiger charge is -2.16. The van der Waals surface area contributed by atoms with Gasteiger partial charge in [-0.3, -0.25) is 4.79 Å². The van der Waals surface area contributed by atoms with Gasteiger partial charge in [0.25, 0.3) is 0 Å². The van der Waals surface area contributed by atoms with Gasteiger partial charge in [-0.15, -0.1) is 12.3 Å². The Kier molecular flexibility index (Phi) is 5.38. The van der Waals surface area contributed by atoms with E-state index in [1.807, 2.05) is 6.92 Å². The molecule has 0 amide bonds. The normalized spacial score (nSPS) is 25.1. The van der Waals surface area contributed by atoms with Crippen LogP contribution in [0.15, 0.2) is 0 Å². The summed E-state index contributed by atoms with van der Waals surface area (Å²) in [6, 6.07) is 0.202. The number of carbonyl (C=O) groups is 1. The number of hydrogen-bond donors (Lipinski definition) is 1. The Balaban J connectivity index is 2.34. The Morgan fingerprint density at radius 2 is 2.40 bits per heavy atom. The van der Waals surface area contributed by atoms with E-state index in [0.717, 1.165) is 13.0 Å². The van der Waals surface area contributed by atoms with Crippen molar-refractivity contribution in [3.8, 4) is 12.3 Å². The second kappa shape index (κ2) is 6.60. The van der Waals surface area contributed by atoms with Gasteiger partial charge in [-0.25, -0.2) is 0 Å². The molecule has 0 bridgehead atoms. The van der Waals surface area contributed by atoms with Gasteiger partial charge in [0.15, 0.2) is 0 Å². The highest BCUT2D eigenvalue weighted by atomic mass is 16.5. The molecule has 0 aromatic heterocycles. The number of nitrogens with one attached hydrogen (secondary N) is 1. The Bertz CT molecular complexity index is 244. The highest BCUT2D eigenvalue weighted by molar-refractivity contribution is 5.82. The molecule has 1 heterocycles. The quantitative estimate of drug-likeness (QED) is 0.523. The minimum absolute atomic E-state index is 0.0303. The van der Waals surface area contributed by atoms with E-state index in [2.05, 4.69) is 11.2 Å². The average Bonchev–Trinajstić information content (AvgIpc) is 2.67. The molecule has 0 radical (unpaired) electrons. The molecule has 3 nitrogen and oxygen atoms in total. The monoisotopic (exact) mass is 209 g/mol. The van der Waals surface area contributed by atoms with E-state index in [-0.39, 0.29) is 17.7 Å². The summed E-state index contributed by atoms with van der Waals surface area (Å²) >= 11 is 0. The summed E-state index contributed by atoms with van der Waals surface area (Å²) in [7, 11) is 0. The Morgan fingerprint density at radius 3 is 3.07 bits per heavy atom. The first kappa shape index (κ1) is 12.2. The average molecular weight is 209 g/mol. The van der Waals surface area contributed by atoms with Crippen molar-refractivity contribution in [2.24, 2.45) is 5.92 Å². The number of likely N-dealkylation sites (N-methyl/N-ethyl adjacent to an activating group) is 1.